The molecular weight excluding hydrogens is 252 g/mol. The molecule has 3 N–H and O–H groups in total. The van der Waals surface area contributed by atoms with Crippen molar-refractivity contribution in [2.45, 2.75) is 25.4 Å². The van der Waals surface area contributed by atoms with Crippen molar-refractivity contribution in [3.63, 3.8) is 0 Å². The molecule has 1 saturated heterocycles. The molecule has 1 unspecified atom stereocenters. The second kappa shape index (κ2) is 4.77. The summed E-state index contributed by atoms with van der Waals surface area (Å²) in [4.78, 5) is 13.3. The lowest BCUT2D eigenvalue weighted by Crippen LogP contribution is -2.46. The molecule has 0 bridgehead atoms. The molecule has 0 saturated carbocycles. The fourth-order valence-electron chi connectivity index (χ4n) is 2.18. The first-order valence-corrected chi connectivity index (χ1v) is 6.05. The van der Waals surface area contributed by atoms with E-state index >= 15 is 0 Å². The summed E-state index contributed by atoms with van der Waals surface area (Å²) in [6.45, 7) is 4.32. The molecule has 1 aliphatic rings. The van der Waals surface area contributed by atoms with Crippen LogP contribution in [0.15, 0.2) is 18.2 Å². The normalized spacial score (nSPS) is 19.7. The average molecular weight is 269 g/mol. The van der Waals surface area contributed by atoms with Crippen molar-refractivity contribution in [2.24, 2.45) is 5.73 Å². The number of rotatable bonds is 3. The fraction of sp³-hybridized carbons (Fsp3) is 0.462. The van der Waals surface area contributed by atoms with Crippen molar-refractivity contribution in [1.29, 1.82) is 0 Å². The van der Waals surface area contributed by atoms with Crippen LogP contribution < -0.4 is 11.1 Å². The van der Waals surface area contributed by atoms with Gasteiger partial charge in [-0.15, -0.1) is 0 Å². The van der Waals surface area contributed by atoms with Crippen LogP contribution in [0.3, 0.4) is 0 Å². The summed E-state index contributed by atoms with van der Waals surface area (Å²) in [5.74, 6) is -1.29. The number of carbonyl (C=O) groups is 1. The summed E-state index contributed by atoms with van der Waals surface area (Å²) < 4.78 is 26.5. The van der Waals surface area contributed by atoms with E-state index in [-0.39, 0.29) is 11.6 Å². The Morgan fingerprint density at radius 2 is 2.16 bits per heavy atom. The highest BCUT2D eigenvalue weighted by Gasteiger charge is 2.33. The maximum absolute atomic E-state index is 13.7. The van der Waals surface area contributed by atoms with Crippen molar-refractivity contribution in [3.05, 3.63) is 35.4 Å². The Hall–Kier alpha value is -1.69. The minimum atomic E-state index is -0.654. The lowest BCUT2D eigenvalue weighted by atomic mass is 10.1. The standard InChI is InChI=1S/C13H17F2N3O/c1-13(2,16)7-18-6-11(17-12(18)19)9-4-3-8(14)5-10(9)15/h3-5,11H,6-7,16H2,1-2H3,(H,17,19). The molecule has 1 aromatic rings. The lowest BCUT2D eigenvalue weighted by molar-refractivity contribution is 0.207. The van der Waals surface area contributed by atoms with Gasteiger partial charge in [-0.25, -0.2) is 13.6 Å². The molecule has 4 nitrogen and oxygen atoms in total. The molecule has 1 heterocycles. The van der Waals surface area contributed by atoms with E-state index in [1.54, 1.807) is 0 Å². The molecule has 2 amide bonds. The third-order valence-corrected chi connectivity index (χ3v) is 2.92. The van der Waals surface area contributed by atoms with E-state index < -0.39 is 23.2 Å². The van der Waals surface area contributed by atoms with Crippen LogP contribution in [-0.4, -0.2) is 29.6 Å². The van der Waals surface area contributed by atoms with Crippen LogP contribution in [-0.2, 0) is 0 Å². The number of hydrogen-bond donors (Lipinski definition) is 2. The van der Waals surface area contributed by atoms with Crippen LogP contribution in [0.1, 0.15) is 25.5 Å². The van der Waals surface area contributed by atoms with Crippen molar-refractivity contribution in [2.75, 3.05) is 13.1 Å². The molecule has 1 atom stereocenters. The number of nitrogens with one attached hydrogen (secondary N) is 1. The average Bonchev–Trinajstić information content (AvgIpc) is 2.57. The molecule has 6 heteroatoms. The van der Waals surface area contributed by atoms with E-state index in [9.17, 15) is 13.6 Å². The highest BCUT2D eigenvalue weighted by molar-refractivity contribution is 5.77. The minimum Gasteiger partial charge on any atom is -0.329 e. The molecule has 0 radical (unpaired) electrons. The summed E-state index contributed by atoms with van der Waals surface area (Å²) in [5, 5.41) is 2.67. The summed E-state index contributed by atoms with van der Waals surface area (Å²) >= 11 is 0. The van der Waals surface area contributed by atoms with E-state index in [1.165, 1.54) is 17.0 Å². The van der Waals surface area contributed by atoms with Crippen LogP contribution in [0, 0.1) is 11.6 Å². The molecular formula is C13H17F2N3O. The monoisotopic (exact) mass is 269 g/mol. The van der Waals surface area contributed by atoms with Crippen molar-refractivity contribution in [3.8, 4) is 0 Å². The summed E-state index contributed by atoms with van der Waals surface area (Å²) in [6.07, 6.45) is 0. The highest BCUT2D eigenvalue weighted by Crippen LogP contribution is 2.24. The van der Waals surface area contributed by atoms with Crippen molar-refractivity contribution >= 4 is 6.03 Å². The lowest BCUT2D eigenvalue weighted by Gasteiger charge is -2.25. The Labute approximate surface area is 110 Å². The number of hydrogen-bond acceptors (Lipinski definition) is 2. The first kappa shape index (κ1) is 13.7. The van der Waals surface area contributed by atoms with Gasteiger partial charge in [-0.1, -0.05) is 6.07 Å². The fourth-order valence-corrected chi connectivity index (χ4v) is 2.18. The van der Waals surface area contributed by atoms with Gasteiger partial charge < -0.3 is 16.0 Å². The van der Waals surface area contributed by atoms with Crippen LogP contribution in [0.2, 0.25) is 0 Å². The zero-order chi connectivity index (χ0) is 14.2. The van der Waals surface area contributed by atoms with Gasteiger partial charge in [0.05, 0.1) is 6.04 Å². The second-order valence-corrected chi connectivity index (χ2v) is 5.54. The molecule has 1 fully saturated rings. The first-order chi connectivity index (χ1) is 8.76. The minimum absolute atomic E-state index is 0.284. The predicted molar refractivity (Wildman–Crippen MR) is 67.5 cm³/mol. The van der Waals surface area contributed by atoms with Gasteiger partial charge in [-0.05, 0) is 19.9 Å². The highest BCUT2D eigenvalue weighted by atomic mass is 19.1. The third-order valence-electron chi connectivity index (χ3n) is 2.92. The van der Waals surface area contributed by atoms with E-state index in [1.807, 2.05) is 13.8 Å². The number of benzene rings is 1. The smallest absolute Gasteiger partial charge is 0.318 e. The molecule has 0 aliphatic carbocycles. The Morgan fingerprint density at radius 1 is 1.47 bits per heavy atom. The topological polar surface area (TPSA) is 58.4 Å². The second-order valence-electron chi connectivity index (χ2n) is 5.54. The Bertz CT molecular complexity index is 499. The van der Waals surface area contributed by atoms with Crippen LogP contribution in [0.5, 0.6) is 0 Å². The van der Waals surface area contributed by atoms with Gasteiger partial charge in [-0.2, -0.15) is 0 Å². The largest absolute Gasteiger partial charge is 0.329 e. The van der Waals surface area contributed by atoms with Gasteiger partial charge in [-0.3, -0.25) is 0 Å². The van der Waals surface area contributed by atoms with Crippen LogP contribution in [0.25, 0.3) is 0 Å². The summed E-state index contributed by atoms with van der Waals surface area (Å²) in [6, 6.07) is 2.59. The van der Waals surface area contributed by atoms with Gasteiger partial charge in [0.1, 0.15) is 11.6 Å². The van der Waals surface area contributed by atoms with E-state index in [0.29, 0.717) is 13.1 Å². The van der Waals surface area contributed by atoms with Gasteiger partial charge in [0.25, 0.3) is 0 Å². The maximum atomic E-state index is 13.7. The Kier molecular flexibility index (Phi) is 3.45. The van der Waals surface area contributed by atoms with Crippen molar-refractivity contribution in [1.82, 2.24) is 10.2 Å². The zero-order valence-electron chi connectivity index (χ0n) is 10.9. The quantitative estimate of drug-likeness (QED) is 0.878. The van der Waals surface area contributed by atoms with E-state index in [0.717, 1.165) is 6.07 Å². The van der Waals surface area contributed by atoms with Crippen LogP contribution in [0.4, 0.5) is 13.6 Å². The number of nitrogens with two attached hydrogens (primary N) is 1. The Balaban J connectivity index is 2.14. The molecule has 19 heavy (non-hydrogen) atoms. The first-order valence-electron chi connectivity index (χ1n) is 6.05. The van der Waals surface area contributed by atoms with E-state index in [2.05, 4.69) is 5.32 Å². The molecule has 2 rings (SSSR count). The van der Waals surface area contributed by atoms with Gasteiger partial charge in [0.2, 0.25) is 0 Å². The number of carbonyl (C=O) groups excluding carboxylic acids is 1. The summed E-state index contributed by atoms with van der Waals surface area (Å²) in [5.41, 5.74) is 5.63. The zero-order valence-corrected chi connectivity index (χ0v) is 10.9. The molecule has 0 spiro atoms. The van der Waals surface area contributed by atoms with Gasteiger partial charge in [0, 0.05) is 30.3 Å². The third kappa shape index (κ3) is 3.20. The van der Waals surface area contributed by atoms with E-state index in [4.69, 9.17) is 5.73 Å². The SMILES string of the molecule is CC(C)(N)CN1CC(c2ccc(F)cc2F)NC1=O. The predicted octanol–water partition coefficient (Wildman–Crippen LogP) is 1.77. The van der Waals surface area contributed by atoms with Gasteiger partial charge in [0.15, 0.2) is 0 Å². The summed E-state index contributed by atoms with van der Waals surface area (Å²) in [7, 11) is 0. The molecule has 1 aromatic carbocycles. The van der Waals surface area contributed by atoms with Crippen LogP contribution >= 0.6 is 0 Å². The molecule has 0 aromatic heterocycles. The maximum Gasteiger partial charge on any atom is 0.318 e. The molecule has 104 valence electrons. The number of nitrogens with zero attached hydrogens (tertiary/aromatic N) is 1. The number of halogens is 2. The number of urea groups is 1. The number of amides is 2. The Morgan fingerprint density at radius 3 is 2.74 bits per heavy atom. The molecule has 1 aliphatic heterocycles. The van der Waals surface area contributed by atoms with Crippen molar-refractivity contribution < 1.29 is 13.6 Å². The van der Waals surface area contributed by atoms with Gasteiger partial charge >= 0.3 is 6.03 Å².